The van der Waals surface area contributed by atoms with E-state index in [4.69, 9.17) is 0 Å². The molecule has 0 spiro atoms. The van der Waals surface area contributed by atoms with Gasteiger partial charge in [-0.15, -0.1) is 10.2 Å². The van der Waals surface area contributed by atoms with Gasteiger partial charge in [0.15, 0.2) is 5.16 Å². The zero-order valence-electron chi connectivity index (χ0n) is 17.7. The Kier molecular flexibility index (Phi) is 6.62. The first-order valence-electron chi connectivity index (χ1n) is 10.1. The molecule has 0 saturated carbocycles. The van der Waals surface area contributed by atoms with Crippen LogP contribution in [0.3, 0.4) is 0 Å². The molecule has 0 saturated heterocycles. The second kappa shape index (κ2) is 8.98. The summed E-state index contributed by atoms with van der Waals surface area (Å²) in [4.78, 5) is 25.3. The molecule has 8 heteroatoms. The Morgan fingerprint density at radius 3 is 2.55 bits per heavy atom. The van der Waals surface area contributed by atoms with Gasteiger partial charge in [-0.25, -0.2) is 0 Å². The van der Waals surface area contributed by atoms with Crippen LogP contribution < -0.4 is 10.9 Å². The number of nitrogens with zero attached hydrogens (tertiary/aromatic N) is 4. The lowest BCUT2D eigenvalue weighted by molar-refractivity contribution is -0.119. The number of nitrogens with one attached hydrogen (secondary N) is 1. The van der Waals surface area contributed by atoms with Gasteiger partial charge in [-0.2, -0.15) is 0 Å². The molecule has 0 aliphatic heterocycles. The van der Waals surface area contributed by atoms with Gasteiger partial charge >= 0.3 is 0 Å². The molecule has 3 rings (SSSR count). The fraction of sp³-hybridized carbons (Fsp3) is 0.524. The van der Waals surface area contributed by atoms with Gasteiger partial charge in [0.25, 0.3) is 5.56 Å². The summed E-state index contributed by atoms with van der Waals surface area (Å²) in [7, 11) is 0. The van der Waals surface area contributed by atoms with Crippen LogP contribution in [0.15, 0.2) is 34.2 Å². The van der Waals surface area contributed by atoms with Crippen molar-refractivity contribution in [3.63, 3.8) is 0 Å². The second-order valence-corrected chi connectivity index (χ2v) is 9.11. The summed E-state index contributed by atoms with van der Waals surface area (Å²) in [5.41, 5.74) is 0.706. The molecule has 1 unspecified atom stereocenters. The van der Waals surface area contributed by atoms with Gasteiger partial charge in [-0.1, -0.05) is 51.6 Å². The first-order valence-corrected chi connectivity index (χ1v) is 11.1. The Balaban J connectivity index is 1.97. The third kappa shape index (κ3) is 4.63. The fourth-order valence-electron chi connectivity index (χ4n) is 3.01. The number of benzene rings is 1. The number of carbonyl (C=O) groups excluding carboxylic acids is 1. The van der Waals surface area contributed by atoms with Crippen molar-refractivity contribution in [3.8, 4) is 0 Å². The number of hydrogen-bond donors (Lipinski definition) is 1. The van der Waals surface area contributed by atoms with Crippen LogP contribution in [0.4, 0.5) is 0 Å². The fourth-order valence-corrected chi connectivity index (χ4v) is 3.76. The second-order valence-electron chi connectivity index (χ2n) is 8.16. The van der Waals surface area contributed by atoms with Gasteiger partial charge < -0.3 is 5.32 Å². The normalized spacial score (nSPS) is 12.9. The van der Waals surface area contributed by atoms with Gasteiger partial charge in [-0.05, 0) is 37.3 Å². The summed E-state index contributed by atoms with van der Waals surface area (Å²) in [5, 5.41) is 12.8. The van der Waals surface area contributed by atoms with Crippen molar-refractivity contribution in [1.82, 2.24) is 24.5 Å². The lowest BCUT2D eigenvalue weighted by Gasteiger charge is -2.17. The van der Waals surface area contributed by atoms with E-state index in [2.05, 4.69) is 43.2 Å². The molecule has 1 atom stereocenters. The van der Waals surface area contributed by atoms with Crippen LogP contribution in [0.2, 0.25) is 0 Å². The molecule has 0 radical (unpaired) electrons. The minimum absolute atomic E-state index is 0.0367. The Hall–Kier alpha value is -2.35. The lowest BCUT2D eigenvalue weighted by Crippen LogP contribution is -2.37. The SMILES string of the molecule is CC(C)CCn1c(=O)c2ccccc2n2c(SCC(=O)NC(C)C(C)C)nnc12. The molecular weight excluding hydrogens is 386 g/mol. The lowest BCUT2D eigenvalue weighted by atomic mass is 10.1. The van der Waals surface area contributed by atoms with E-state index in [9.17, 15) is 9.59 Å². The number of carbonyl (C=O) groups is 1. The number of amides is 1. The number of thioether (sulfide) groups is 1. The van der Waals surface area contributed by atoms with Gasteiger partial charge in [0.1, 0.15) is 0 Å². The van der Waals surface area contributed by atoms with Crippen LogP contribution in [0, 0.1) is 11.8 Å². The summed E-state index contributed by atoms with van der Waals surface area (Å²) in [6, 6.07) is 7.59. The highest BCUT2D eigenvalue weighted by atomic mass is 32.2. The number of aryl methyl sites for hydroxylation is 1. The summed E-state index contributed by atoms with van der Waals surface area (Å²) in [6.07, 6.45) is 0.874. The maximum Gasteiger partial charge on any atom is 0.262 e. The smallest absolute Gasteiger partial charge is 0.262 e. The third-order valence-corrected chi connectivity index (χ3v) is 6.06. The maximum absolute atomic E-state index is 13.0. The van der Waals surface area contributed by atoms with Crippen LogP contribution >= 0.6 is 11.8 Å². The van der Waals surface area contributed by atoms with Crippen molar-refractivity contribution < 1.29 is 4.79 Å². The molecule has 0 bridgehead atoms. The van der Waals surface area contributed by atoms with Crippen LogP contribution in [-0.2, 0) is 11.3 Å². The average molecular weight is 416 g/mol. The molecule has 2 aromatic heterocycles. The van der Waals surface area contributed by atoms with Crippen molar-refractivity contribution in [2.75, 3.05) is 5.75 Å². The molecule has 0 aliphatic rings. The molecule has 29 heavy (non-hydrogen) atoms. The van der Waals surface area contributed by atoms with Crippen molar-refractivity contribution >= 4 is 34.3 Å². The molecule has 0 aliphatic carbocycles. The Morgan fingerprint density at radius 2 is 1.86 bits per heavy atom. The molecule has 1 aromatic carbocycles. The van der Waals surface area contributed by atoms with Crippen LogP contribution in [0.25, 0.3) is 16.7 Å². The molecule has 2 heterocycles. The van der Waals surface area contributed by atoms with E-state index < -0.39 is 0 Å². The summed E-state index contributed by atoms with van der Waals surface area (Å²) in [6.45, 7) is 11.0. The number of para-hydroxylation sites is 1. The maximum atomic E-state index is 13.0. The third-order valence-electron chi connectivity index (χ3n) is 5.13. The van der Waals surface area contributed by atoms with Crippen LogP contribution in [0.1, 0.15) is 41.0 Å². The summed E-state index contributed by atoms with van der Waals surface area (Å²) < 4.78 is 3.58. The van der Waals surface area contributed by atoms with E-state index in [1.807, 2.05) is 35.6 Å². The van der Waals surface area contributed by atoms with Crippen LogP contribution in [0.5, 0.6) is 0 Å². The molecule has 0 fully saturated rings. The standard InChI is InChI=1S/C21H29N5O2S/c1-13(2)10-11-25-19(28)16-8-6-7-9-17(16)26-20(25)23-24-21(26)29-12-18(27)22-15(5)14(3)4/h6-9,13-15H,10-12H2,1-5H3,(H,22,27). The molecule has 1 N–H and O–H groups in total. The minimum atomic E-state index is -0.0544. The number of fused-ring (bicyclic) bond motifs is 3. The van der Waals surface area contributed by atoms with Crippen molar-refractivity contribution in [3.05, 3.63) is 34.6 Å². The number of aromatic nitrogens is 4. The zero-order chi connectivity index (χ0) is 21.1. The van der Waals surface area contributed by atoms with E-state index >= 15 is 0 Å². The van der Waals surface area contributed by atoms with E-state index in [0.29, 0.717) is 34.7 Å². The first kappa shape index (κ1) is 21.4. The Bertz CT molecular complexity index is 1070. The highest BCUT2D eigenvalue weighted by Crippen LogP contribution is 2.22. The van der Waals surface area contributed by atoms with Gasteiger partial charge in [0.2, 0.25) is 11.7 Å². The first-order chi connectivity index (χ1) is 13.8. The monoisotopic (exact) mass is 415 g/mol. The quantitative estimate of drug-likeness (QED) is 0.571. The predicted molar refractivity (Wildman–Crippen MR) is 117 cm³/mol. The average Bonchev–Trinajstić information content (AvgIpc) is 3.10. The molecule has 7 nitrogen and oxygen atoms in total. The van der Waals surface area contributed by atoms with E-state index in [-0.39, 0.29) is 23.3 Å². The summed E-state index contributed by atoms with van der Waals surface area (Å²) >= 11 is 1.33. The predicted octanol–water partition coefficient (Wildman–Crippen LogP) is 3.34. The number of rotatable bonds is 8. The molecule has 3 aromatic rings. The van der Waals surface area contributed by atoms with Gasteiger partial charge in [0.05, 0.1) is 16.7 Å². The van der Waals surface area contributed by atoms with E-state index in [1.54, 1.807) is 4.57 Å². The zero-order valence-corrected chi connectivity index (χ0v) is 18.5. The highest BCUT2D eigenvalue weighted by molar-refractivity contribution is 7.99. The Morgan fingerprint density at radius 1 is 1.14 bits per heavy atom. The summed E-state index contributed by atoms with van der Waals surface area (Å²) in [5.74, 6) is 1.57. The van der Waals surface area contributed by atoms with E-state index in [0.717, 1.165) is 11.9 Å². The van der Waals surface area contributed by atoms with E-state index in [1.165, 1.54) is 11.8 Å². The molecule has 1 amide bonds. The minimum Gasteiger partial charge on any atom is -0.353 e. The highest BCUT2D eigenvalue weighted by Gasteiger charge is 2.18. The van der Waals surface area contributed by atoms with Crippen molar-refractivity contribution in [1.29, 1.82) is 0 Å². The Labute approximate surface area is 174 Å². The van der Waals surface area contributed by atoms with Crippen LogP contribution in [-0.4, -0.2) is 36.9 Å². The molecule has 156 valence electrons. The number of hydrogen-bond acceptors (Lipinski definition) is 5. The van der Waals surface area contributed by atoms with Crippen molar-refractivity contribution in [2.45, 2.75) is 58.8 Å². The van der Waals surface area contributed by atoms with Gasteiger partial charge in [-0.3, -0.25) is 18.6 Å². The van der Waals surface area contributed by atoms with Gasteiger partial charge in [0, 0.05) is 12.6 Å². The largest absolute Gasteiger partial charge is 0.353 e. The topological polar surface area (TPSA) is 81.3 Å². The van der Waals surface area contributed by atoms with Crippen molar-refractivity contribution in [2.24, 2.45) is 11.8 Å². The molecular formula is C21H29N5O2S.